The van der Waals surface area contributed by atoms with Gasteiger partial charge >= 0.3 is 13.8 Å². The van der Waals surface area contributed by atoms with Gasteiger partial charge in [0.05, 0.1) is 6.61 Å². The van der Waals surface area contributed by atoms with E-state index in [1.165, 1.54) is 0 Å². The fourth-order valence-corrected chi connectivity index (χ4v) is 2.44. The molecule has 7 heteroatoms. The Labute approximate surface area is 98.1 Å². The van der Waals surface area contributed by atoms with E-state index in [0.717, 1.165) is 0 Å². The molecule has 0 saturated heterocycles. The van der Waals surface area contributed by atoms with Crippen LogP contribution in [0, 0.1) is 0 Å². The number of ether oxygens (including phenoxy) is 1. The molecule has 0 spiro atoms. The predicted octanol–water partition coefficient (Wildman–Crippen LogP) is 2.15. The number of carbonyl (C=O) groups is 1. The molecule has 6 nitrogen and oxygen atoms in total. The van der Waals surface area contributed by atoms with Crippen molar-refractivity contribution in [3.8, 4) is 11.5 Å². The normalized spacial score (nSPS) is 15.6. The lowest BCUT2D eigenvalue weighted by Crippen LogP contribution is -2.13. The Hall–Kier alpha value is -1.52. The molecule has 0 saturated carbocycles. The topological polar surface area (TPSA) is 71.1 Å². The summed E-state index contributed by atoms with van der Waals surface area (Å²) in [7, 11) is -3.73. The van der Waals surface area contributed by atoms with Gasteiger partial charge in [-0.05, 0) is 19.1 Å². The molecule has 2 rings (SSSR count). The van der Waals surface area contributed by atoms with Gasteiger partial charge in [-0.25, -0.2) is 9.36 Å². The van der Waals surface area contributed by atoms with Crippen LogP contribution in [0.3, 0.4) is 0 Å². The van der Waals surface area contributed by atoms with Crippen molar-refractivity contribution >= 4 is 13.8 Å². The molecule has 0 fully saturated rings. The molecular formula is C10H11O6P. The number of fused-ring (bicyclic) bond motifs is 1. The summed E-state index contributed by atoms with van der Waals surface area (Å²) >= 11 is 0. The number of esters is 1. The van der Waals surface area contributed by atoms with Gasteiger partial charge in [-0.2, -0.15) is 0 Å². The van der Waals surface area contributed by atoms with E-state index < -0.39 is 20.4 Å². The zero-order valence-corrected chi connectivity index (χ0v) is 10.0. The molecule has 1 aromatic carbocycles. The van der Waals surface area contributed by atoms with Crippen LogP contribution in [0.4, 0.5) is 0 Å². The first-order valence-corrected chi connectivity index (χ1v) is 6.47. The second kappa shape index (κ2) is 4.77. The number of benzene rings is 1. The van der Waals surface area contributed by atoms with E-state index in [4.69, 9.17) is 13.6 Å². The molecule has 0 atom stereocenters. The first-order chi connectivity index (χ1) is 8.13. The number of hydrogen-bond acceptors (Lipinski definition) is 6. The summed E-state index contributed by atoms with van der Waals surface area (Å²) in [6.45, 7) is 1.42. The lowest BCUT2D eigenvalue weighted by molar-refractivity contribution is -0.145. The van der Waals surface area contributed by atoms with Crippen molar-refractivity contribution < 1.29 is 27.7 Å². The average molecular weight is 258 g/mol. The summed E-state index contributed by atoms with van der Waals surface area (Å²) < 4.78 is 31.4. The predicted molar refractivity (Wildman–Crippen MR) is 57.9 cm³/mol. The van der Waals surface area contributed by atoms with Crippen LogP contribution in [0.25, 0.3) is 0 Å². The lowest BCUT2D eigenvalue weighted by Gasteiger charge is -2.08. The second-order valence-corrected chi connectivity index (χ2v) is 4.67. The van der Waals surface area contributed by atoms with Gasteiger partial charge in [-0.15, -0.1) is 0 Å². The highest BCUT2D eigenvalue weighted by atomic mass is 31.2. The smallest absolute Gasteiger partial charge is 0.464 e. The summed E-state index contributed by atoms with van der Waals surface area (Å²) in [6, 6.07) is 6.62. The largest absolute Gasteiger partial charge is 0.588 e. The Balaban J connectivity index is 1.96. The van der Waals surface area contributed by atoms with Crippen molar-refractivity contribution in [1.82, 2.24) is 0 Å². The average Bonchev–Trinajstić information content (AvgIpc) is 2.64. The Morgan fingerprint density at radius 3 is 2.41 bits per heavy atom. The molecule has 92 valence electrons. The maximum atomic E-state index is 11.9. The van der Waals surface area contributed by atoms with Gasteiger partial charge in [0.15, 0.2) is 18.1 Å². The van der Waals surface area contributed by atoms with E-state index in [1.807, 2.05) is 0 Å². The van der Waals surface area contributed by atoms with Gasteiger partial charge < -0.3 is 13.8 Å². The first-order valence-electron chi connectivity index (χ1n) is 5.01. The molecule has 0 amide bonds. The van der Waals surface area contributed by atoms with Gasteiger partial charge in [-0.1, -0.05) is 12.1 Å². The Morgan fingerprint density at radius 2 is 1.88 bits per heavy atom. The van der Waals surface area contributed by atoms with Crippen LogP contribution in [0.5, 0.6) is 11.5 Å². The van der Waals surface area contributed by atoms with E-state index in [1.54, 1.807) is 31.2 Å². The molecule has 0 N–H and O–H groups in total. The number of carbonyl (C=O) groups excluding carboxylic acids is 1. The maximum absolute atomic E-state index is 11.9. The summed E-state index contributed by atoms with van der Waals surface area (Å²) in [5.74, 6) is 0.0465. The SMILES string of the molecule is CCOC(=O)COP1(=O)Oc2ccccc2O1. The Kier molecular flexibility index (Phi) is 3.36. The van der Waals surface area contributed by atoms with Crippen molar-refractivity contribution in [2.24, 2.45) is 0 Å². The minimum Gasteiger partial charge on any atom is -0.464 e. The number of para-hydroxylation sites is 2. The monoisotopic (exact) mass is 258 g/mol. The molecule has 0 aliphatic carbocycles. The zero-order valence-electron chi connectivity index (χ0n) is 9.12. The van der Waals surface area contributed by atoms with E-state index >= 15 is 0 Å². The highest BCUT2D eigenvalue weighted by molar-refractivity contribution is 7.49. The van der Waals surface area contributed by atoms with Crippen LogP contribution < -0.4 is 9.05 Å². The summed E-state index contributed by atoms with van der Waals surface area (Å²) in [4.78, 5) is 11.0. The third-order valence-corrected chi connectivity index (χ3v) is 3.20. The number of hydrogen-bond donors (Lipinski definition) is 0. The van der Waals surface area contributed by atoms with Crippen molar-refractivity contribution in [1.29, 1.82) is 0 Å². The van der Waals surface area contributed by atoms with Crippen LogP contribution in [0.1, 0.15) is 6.92 Å². The number of rotatable bonds is 4. The zero-order chi connectivity index (χ0) is 12.3. The van der Waals surface area contributed by atoms with Crippen molar-refractivity contribution in [3.63, 3.8) is 0 Å². The van der Waals surface area contributed by atoms with Crippen LogP contribution in [-0.4, -0.2) is 19.2 Å². The molecule has 0 unspecified atom stereocenters. The molecule has 0 aromatic heterocycles. The second-order valence-electron chi connectivity index (χ2n) is 3.15. The highest BCUT2D eigenvalue weighted by Gasteiger charge is 2.39. The van der Waals surface area contributed by atoms with E-state index in [2.05, 4.69) is 4.74 Å². The van der Waals surface area contributed by atoms with Gasteiger partial charge in [0, 0.05) is 0 Å². The van der Waals surface area contributed by atoms with E-state index in [-0.39, 0.29) is 6.61 Å². The molecule has 1 aliphatic rings. The van der Waals surface area contributed by atoms with Gasteiger partial charge in [0.2, 0.25) is 0 Å². The molecule has 1 heterocycles. The van der Waals surface area contributed by atoms with Crippen molar-refractivity contribution in [2.75, 3.05) is 13.2 Å². The van der Waals surface area contributed by atoms with Crippen LogP contribution in [0.2, 0.25) is 0 Å². The Bertz CT molecular complexity index is 443. The molecule has 1 aromatic rings. The Morgan fingerprint density at radius 1 is 1.29 bits per heavy atom. The molecule has 0 radical (unpaired) electrons. The third-order valence-electron chi connectivity index (χ3n) is 1.92. The molecule has 1 aliphatic heterocycles. The molecule has 0 bridgehead atoms. The molecular weight excluding hydrogens is 247 g/mol. The minimum absolute atomic E-state index is 0.231. The van der Waals surface area contributed by atoms with Gasteiger partial charge in [0.1, 0.15) is 0 Å². The number of phosphoric acid groups is 1. The summed E-state index contributed by atoms with van der Waals surface area (Å²) in [5.41, 5.74) is 0. The fourth-order valence-electron chi connectivity index (χ4n) is 1.25. The fraction of sp³-hybridized carbons (Fsp3) is 0.300. The van der Waals surface area contributed by atoms with E-state index in [0.29, 0.717) is 11.5 Å². The molecule has 17 heavy (non-hydrogen) atoms. The van der Waals surface area contributed by atoms with Gasteiger partial charge in [0.25, 0.3) is 0 Å². The third kappa shape index (κ3) is 2.78. The van der Waals surface area contributed by atoms with Crippen LogP contribution in [0.15, 0.2) is 24.3 Å². The summed E-state index contributed by atoms with van der Waals surface area (Å²) in [6.07, 6.45) is 0. The summed E-state index contributed by atoms with van der Waals surface area (Å²) in [5, 5.41) is 0. The van der Waals surface area contributed by atoms with Crippen LogP contribution in [-0.2, 0) is 18.6 Å². The minimum atomic E-state index is -3.73. The highest BCUT2D eigenvalue weighted by Crippen LogP contribution is 2.58. The van der Waals surface area contributed by atoms with Crippen molar-refractivity contribution in [3.05, 3.63) is 24.3 Å². The maximum Gasteiger partial charge on any atom is 0.588 e. The van der Waals surface area contributed by atoms with E-state index in [9.17, 15) is 9.36 Å². The van der Waals surface area contributed by atoms with Crippen molar-refractivity contribution in [2.45, 2.75) is 6.92 Å². The van der Waals surface area contributed by atoms with Crippen LogP contribution >= 0.6 is 7.82 Å². The first kappa shape index (κ1) is 12.0. The quantitative estimate of drug-likeness (QED) is 0.608. The standard InChI is InChI=1S/C10H11O6P/c1-2-13-10(11)7-14-17(12)15-8-5-3-4-6-9(8)16-17/h3-6H,2,7H2,1H3. The number of phosphoric ester groups is 1. The lowest BCUT2D eigenvalue weighted by atomic mass is 10.3. The van der Waals surface area contributed by atoms with Gasteiger partial charge in [-0.3, -0.25) is 4.52 Å².